The van der Waals surface area contributed by atoms with Crippen LogP contribution in [0.15, 0.2) is 71.6 Å². The lowest BCUT2D eigenvalue weighted by atomic mass is 10.1. The molecular weight excluding hydrogens is 436 g/mol. The molecule has 3 aromatic rings. The Hall–Kier alpha value is -3.45. The Morgan fingerprint density at radius 1 is 1.00 bits per heavy atom. The highest BCUT2D eigenvalue weighted by atomic mass is 32.2. The van der Waals surface area contributed by atoms with Gasteiger partial charge in [0.15, 0.2) is 0 Å². The molecule has 0 radical (unpaired) electrons. The Labute approximate surface area is 195 Å². The van der Waals surface area contributed by atoms with Crippen LogP contribution in [0.2, 0.25) is 0 Å². The third-order valence-electron chi connectivity index (χ3n) is 5.68. The predicted molar refractivity (Wildman–Crippen MR) is 130 cm³/mol. The highest BCUT2D eigenvalue weighted by Gasteiger charge is 2.34. The van der Waals surface area contributed by atoms with Crippen molar-refractivity contribution in [2.75, 3.05) is 4.31 Å². The van der Waals surface area contributed by atoms with E-state index in [1.165, 1.54) is 4.31 Å². The zero-order valence-corrected chi connectivity index (χ0v) is 20.0. The number of benzene rings is 3. The fourth-order valence-electron chi connectivity index (χ4n) is 3.56. The van der Waals surface area contributed by atoms with Crippen LogP contribution in [0.1, 0.15) is 39.5 Å². The summed E-state index contributed by atoms with van der Waals surface area (Å²) in [6.07, 6.45) is 0.740. The second-order valence-corrected chi connectivity index (χ2v) is 9.90. The maximum absolute atomic E-state index is 13.7. The van der Waals surface area contributed by atoms with Gasteiger partial charge in [0.2, 0.25) is 5.91 Å². The normalized spacial score (nSPS) is 12.1. The molecule has 0 aliphatic rings. The van der Waals surface area contributed by atoms with E-state index >= 15 is 0 Å². The van der Waals surface area contributed by atoms with Gasteiger partial charge in [-0.1, -0.05) is 48.0 Å². The molecule has 0 bridgehead atoms. The van der Waals surface area contributed by atoms with Gasteiger partial charge in [0, 0.05) is 12.1 Å². The van der Waals surface area contributed by atoms with E-state index in [0.29, 0.717) is 11.3 Å². The molecule has 1 atom stereocenters. The summed E-state index contributed by atoms with van der Waals surface area (Å²) in [5, 5.41) is 2.81. The van der Waals surface area contributed by atoms with Crippen LogP contribution in [0.25, 0.3) is 0 Å². The van der Waals surface area contributed by atoms with Crippen LogP contribution in [0.3, 0.4) is 0 Å². The number of nitrogens with one attached hydrogen (secondary N) is 1. The zero-order chi connectivity index (χ0) is 24.2. The van der Waals surface area contributed by atoms with Crippen molar-refractivity contribution in [1.82, 2.24) is 5.32 Å². The zero-order valence-electron chi connectivity index (χ0n) is 19.2. The molecule has 0 aliphatic heterocycles. The van der Waals surface area contributed by atoms with Gasteiger partial charge in [-0.25, -0.2) is 8.42 Å². The minimum atomic E-state index is -4.02. The Bertz CT molecular complexity index is 1270. The van der Waals surface area contributed by atoms with Crippen molar-refractivity contribution in [2.45, 2.75) is 45.2 Å². The van der Waals surface area contributed by atoms with Gasteiger partial charge in [-0.05, 0) is 68.7 Å². The standard InChI is InChI=1S/C26H28N2O4S/c1-18-11-13-24(14-12-18)33(31,32)28(25-10-5-7-19(2)20(25)3)21(4)26(30)27-16-22-8-6-9-23(15-22)17-29/h5-15,17,21H,16H2,1-4H3,(H,27,30). The molecule has 7 heteroatoms. The average molecular weight is 465 g/mol. The fourth-order valence-corrected chi connectivity index (χ4v) is 5.24. The molecule has 1 N–H and O–H groups in total. The number of aldehydes is 1. The molecule has 0 saturated carbocycles. The molecule has 33 heavy (non-hydrogen) atoms. The second kappa shape index (κ2) is 10.0. The number of hydrogen-bond acceptors (Lipinski definition) is 4. The third kappa shape index (κ3) is 5.31. The van der Waals surface area contributed by atoms with Crippen LogP contribution in [-0.2, 0) is 21.4 Å². The van der Waals surface area contributed by atoms with E-state index in [1.54, 1.807) is 67.6 Å². The number of sulfonamides is 1. The van der Waals surface area contributed by atoms with E-state index in [4.69, 9.17) is 0 Å². The van der Waals surface area contributed by atoms with E-state index in [2.05, 4.69) is 5.32 Å². The number of hydrogen-bond donors (Lipinski definition) is 1. The first-order valence-corrected chi connectivity index (χ1v) is 12.1. The summed E-state index contributed by atoms with van der Waals surface area (Å²) >= 11 is 0. The predicted octanol–water partition coefficient (Wildman–Crippen LogP) is 4.32. The number of anilines is 1. The summed E-state index contributed by atoms with van der Waals surface area (Å²) in [7, 11) is -4.02. The number of carbonyl (C=O) groups is 2. The van der Waals surface area contributed by atoms with Crippen LogP contribution in [0, 0.1) is 20.8 Å². The minimum absolute atomic E-state index is 0.118. The van der Waals surface area contributed by atoms with Gasteiger partial charge in [-0.3, -0.25) is 13.9 Å². The lowest BCUT2D eigenvalue weighted by molar-refractivity contribution is -0.122. The Balaban J connectivity index is 1.97. The Morgan fingerprint density at radius 3 is 2.33 bits per heavy atom. The summed E-state index contributed by atoms with van der Waals surface area (Å²) in [5.41, 5.74) is 4.37. The van der Waals surface area contributed by atoms with Crippen LogP contribution in [-0.4, -0.2) is 26.7 Å². The summed E-state index contributed by atoms with van der Waals surface area (Å²) < 4.78 is 28.6. The maximum atomic E-state index is 13.7. The molecule has 3 aromatic carbocycles. The number of aryl methyl sites for hydroxylation is 2. The summed E-state index contributed by atoms with van der Waals surface area (Å²) in [6, 6.07) is 17.9. The summed E-state index contributed by atoms with van der Waals surface area (Å²) in [5.74, 6) is -0.442. The molecule has 1 unspecified atom stereocenters. The molecule has 0 saturated heterocycles. The average Bonchev–Trinajstić information content (AvgIpc) is 2.80. The molecule has 172 valence electrons. The van der Waals surface area contributed by atoms with Crippen molar-refractivity contribution < 1.29 is 18.0 Å². The van der Waals surface area contributed by atoms with Crippen LogP contribution < -0.4 is 9.62 Å². The highest BCUT2D eigenvalue weighted by Crippen LogP contribution is 2.31. The first-order chi connectivity index (χ1) is 15.6. The van der Waals surface area contributed by atoms with Gasteiger partial charge in [-0.2, -0.15) is 0 Å². The van der Waals surface area contributed by atoms with Gasteiger partial charge in [-0.15, -0.1) is 0 Å². The highest BCUT2D eigenvalue weighted by molar-refractivity contribution is 7.93. The number of carbonyl (C=O) groups excluding carboxylic acids is 2. The van der Waals surface area contributed by atoms with Crippen LogP contribution >= 0.6 is 0 Å². The lowest BCUT2D eigenvalue weighted by Gasteiger charge is -2.31. The molecular formula is C26H28N2O4S. The molecule has 1 amide bonds. The van der Waals surface area contributed by atoms with Crippen LogP contribution in [0.5, 0.6) is 0 Å². The van der Waals surface area contributed by atoms with Crippen molar-refractivity contribution in [3.05, 3.63) is 94.5 Å². The van der Waals surface area contributed by atoms with E-state index < -0.39 is 22.0 Å². The SMILES string of the molecule is Cc1ccc(S(=O)(=O)N(c2cccc(C)c2C)C(C)C(=O)NCc2cccc(C=O)c2)cc1. The Morgan fingerprint density at radius 2 is 1.67 bits per heavy atom. The van der Waals surface area contributed by atoms with Crippen molar-refractivity contribution in [2.24, 2.45) is 0 Å². The smallest absolute Gasteiger partial charge is 0.265 e. The molecule has 0 spiro atoms. The topological polar surface area (TPSA) is 83.6 Å². The fraction of sp³-hybridized carbons (Fsp3) is 0.231. The largest absolute Gasteiger partial charge is 0.350 e. The molecule has 3 rings (SSSR count). The Kier molecular flexibility index (Phi) is 7.33. The summed E-state index contributed by atoms with van der Waals surface area (Å²) in [4.78, 5) is 24.3. The van der Waals surface area contributed by atoms with E-state index in [1.807, 2.05) is 26.8 Å². The monoisotopic (exact) mass is 464 g/mol. The minimum Gasteiger partial charge on any atom is -0.350 e. The van der Waals surface area contributed by atoms with Crippen molar-refractivity contribution >= 4 is 27.9 Å². The number of nitrogens with zero attached hydrogens (tertiary/aromatic N) is 1. The van der Waals surface area contributed by atoms with E-state index in [-0.39, 0.29) is 11.4 Å². The van der Waals surface area contributed by atoms with Gasteiger partial charge in [0.1, 0.15) is 12.3 Å². The lowest BCUT2D eigenvalue weighted by Crippen LogP contribution is -2.48. The van der Waals surface area contributed by atoms with Crippen LogP contribution in [0.4, 0.5) is 5.69 Å². The number of amides is 1. The van der Waals surface area contributed by atoms with E-state index in [9.17, 15) is 18.0 Å². The number of rotatable bonds is 8. The summed E-state index contributed by atoms with van der Waals surface area (Å²) in [6.45, 7) is 7.38. The molecule has 0 aliphatic carbocycles. The maximum Gasteiger partial charge on any atom is 0.265 e. The van der Waals surface area contributed by atoms with Gasteiger partial charge >= 0.3 is 0 Å². The van der Waals surface area contributed by atoms with Gasteiger partial charge in [0.05, 0.1) is 10.6 Å². The van der Waals surface area contributed by atoms with Crippen molar-refractivity contribution in [3.63, 3.8) is 0 Å². The first kappa shape index (κ1) is 24.2. The van der Waals surface area contributed by atoms with Gasteiger partial charge < -0.3 is 5.32 Å². The van der Waals surface area contributed by atoms with Gasteiger partial charge in [0.25, 0.3) is 10.0 Å². The second-order valence-electron chi connectivity index (χ2n) is 8.09. The molecule has 6 nitrogen and oxygen atoms in total. The van der Waals surface area contributed by atoms with E-state index in [0.717, 1.165) is 28.5 Å². The third-order valence-corrected chi connectivity index (χ3v) is 7.58. The quantitative estimate of drug-likeness (QED) is 0.503. The first-order valence-electron chi connectivity index (χ1n) is 10.6. The van der Waals surface area contributed by atoms with Crippen molar-refractivity contribution in [1.29, 1.82) is 0 Å². The molecule has 0 aromatic heterocycles. The molecule has 0 heterocycles. The van der Waals surface area contributed by atoms with Crippen molar-refractivity contribution in [3.8, 4) is 0 Å². The molecule has 0 fully saturated rings.